The van der Waals surface area contributed by atoms with Gasteiger partial charge in [-0.3, -0.25) is 9.69 Å². The summed E-state index contributed by atoms with van der Waals surface area (Å²) in [6.07, 6.45) is 1.11. The number of thiophene rings is 1. The summed E-state index contributed by atoms with van der Waals surface area (Å²) in [6.45, 7) is 3.42. The zero-order valence-corrected chi connectivity index (χ0v) is 12.2. The van der Waals surface area contributed by atoms with E-state index in [0.717, 1.165) is 17.4 Å². The summed E-state index contributed by atoms with van der Waals surface area (Å²) in [5.41, 5.74) is 0.525. The summed E-state index contributed by atoms with van der Waals surface area (Å²) in [4.78, 5) is 13.1. The fourth-order valence-electron chi connectivity index (χ4n) is 1.66. The first-order valence-corrected chi connectivity index (χ1v) is 8.33. The SMILES string of the molecule is C=CC(=O)N(CS(=O)(=O)c1cccs1)c1ccccc1. The molecule has 0 bridgehead atoms. The lowest BCUT2D eigenvalue weighted by Gasteiger charge is -2.20. The molecule has 6 heteroatoms. The molecule has 0 saturated carbocycles. The van der Waals surface area contributed by atoms with Gasteiger partial charge in [-0.1, -0.05) is 30.8 Å². The molecule has 0 aliphatic rings. The number of para-hydroxylation sites is 1. The summed E-state index contributed by atoms with van der Waals surface area (Å²) in [7, 11) is -3.54. The van der Waals surface area contributed by atoms with Gasteiger partial charge in [0.1, 0.15) is 10.1 Å². The molecule has 20 heavy (non-hydrogen) atoms. The second kappa shape index (κ2) is 6.02. The van der Waals surface area contributed by atoms with Crippen LogP contribution in [0.5, 0.6) is 0 Å². The molecule has 2 rings (SSSR count). The maximum Gasteiger partial charge on any atom is 0.251 e. The second-order valence-corrected chi connectivity index (χ2v) is 7.12. The highest BCUT2D eigenvalue weighted by molar-refractivity contribution is 7.93. The molecule has 0 spiro atoms. The Labute approximate surface area is 121 Å². The van der Waals surface area contributed by atoms with Gasteiger partial charge in [0.2, 0.25) is 9.84 Å². The standard InChI is InChI=1S/C14H13NO3S2/c1-2-13(16)15(12-7-4-3-5-8-12)11-20(17,18)14-9-6-10-19-14/h2-10H,1,11H2. The van der Waals surface area contributed by atoms with Gasteiger partial charge in [-0.15, -0.1) is 11.3 Å². The highest BCUT2D eigenvalue weighted by Crippen LogP contribution is 2.22. The van der Waals surface area contributed by atoms with Crippen molar-refractivity contribution in [2.45, 2.75) is 4.21 Å². The minimum Gasteiger partial charge on any atom is -0.294 e. The predicted octanol–water partition coefficient (Wildman–Crippen LogP) is 2.70. The van der Waals surface area contributed by atoms with Crippen molar-refractivity contribution < 1.29 is 13.2 Å². The van der Waals surface area contributed by atoms with Crippen LogP contribution >= 0.6 is 11.3 Å². The minimum atomic E-state index is -3.54. The van der Waals surface area contributed by atoms with Crippen LogP contribution in [-0.2, 0) is 14.6 Å². The number of amides is 1. The molecule has 0 N–H and O–H groups in total. The van der Waals surface area contributed by atoms with Crippen LogP contribution in [0.4, 0.5) is 5.69 Å². The maximum absolute atomic E-state index is 12.3. The topological polar surface area (TPSA) is 54.5 Å². The maximum atomic E-state index is 12.3. The van der Waals surface area contributed by atoms with Gasteiger partial charge >= 0.3 is 0 Å². The molecule has 0 saturated heterocycles. The molecule has 1 amide bonds. The number of carbonyl (C=O) groups excluding carboxylic acids is 1. The monoisotopic (exact) mass is 307 g/mol. The van der Waals surface area contributed by atoms with Crippen molar-refractivity contribution in [3.8, 4) is 0 Å². The van der Waals surface area contributed by atoms with Gasteiger partial charge in [0, 0.05) is 5.69 Å². The number of nitrogens with zero attached hydrogens (tertiary/aromatic N) is 1. The summed E-state index contributed by atoms with van der Waals surface area (Å²) < 4.78 is 24.8. The number of hydrogen-bond acceptors (Lipinski definition) is 4. The highest BCUT2D eigenvalue weighted by atomic mass is 32.2. The van der Waals surface area contributed by atoms with Crippen molar-refractivity contribution >= 4 is 32.8 Å². The van der Waals surface area contributed by atoms with Crippen molar-refractivity contribution in [2.24, 2.45) is 0 Å². The van der Waals surface area contributed by atoms with E-state index >= 15 is 0 Å². The van der Waals surface area contributed by atoms with E-state index in [0.29, 0.717) is 5.69 Å². The number of rotatable bonds is 5. The van der Waals surface area contributed by atoms with E-state index < -0.39 is 21.6 Å². The Balaban J connectivity index is 2.35. The molecular formula is C14H13NO3S2. The summed E-state index contributed by atoms with van der Waals surface area (Å²) >= 11 is 1.13. The molecule has 0 aliphatic heterocycles. The van der Waals surface area contributed by atoms with Gasteiger partial charge in [0.05, 0.1) is 0 Å². The molecule has 0 radical (unpaired) electrons. The number of anilines is 1. The zero-order chi connectivity index (χ0) is 14.6. The largest absolute Gasteiger partial charge is 0.294 e. The van der Waals surface area contributed by atoms with Crippen molar-refractivity contribution in [3.63, 3.8) is 0 Å². The molecule has 0 atom stereocenters. The lowest BCUT2D eigenvalue weighted by molar-refractivity contribution is -0.114. The van der Waals surface area contributed by atoms with Crippen molar-refractivity contribution in [1.82, 2.24) is 0 Å². The number of hydrogen-bond donors (Lipinski definition) is 0. The molecule has 0 aliphatic carbocycles. The van der Waals surface area contributed by atoms with Crippen LogP contribution in [0, 0.1) is 0 Å². The number of carbonyl (C=O) groups is 1. The Morgan fingerprint density at radius 3 is 2.45 bits per heavy atom. The van der Waals surface area contributed by atoms with Gasteiger partial charge in [0.25, 0.3) is 5.91 Å². The third kappa shape index (κ3) is 3.15. The lowest BCUT2D eigenvalue weighted by atomic mass is 10.3. The lowest BCUT2D eigenvalue weighted by Crippen LogP contribution is -2.34. The van der Waals surface area contributed by atoms with E-state index in [4.69, 9.17) is 0 Å². The van der Waals surface area contributed by atoms with Crippen molar-refractivity contribution in [1.29, 1.82) is 0 Å². The van der Waals surface area contributed by atoms with E-state index in [2.05, 4.69) is 6.58 Å². The number of sulfone groups is 1. The fourth-order valence-corrected chi connectivity index (χ4v) is 4.05. The van der Waals surface area contributed by atoms with E-state index in [1.807, 2.05) is 0 Å². The number of benzene rings is 1. The second-order valence-electron chi connectivity index (χ2n) is 3.98. The molecule has 1 heterocycles. The van der Waals surface area contributed by atoms with Crippen LogP contribution < -0.4 is 4.90 Å². The van der Waals surface area contributed by atoms with Gasteiger partial charge in [-0.05, 0) is 29.7 Å². The highest BCUT2D eigenvalue weighted by Gasteiger charge is 2.23. The molecule has 104 valence electrons. The third-order valence-electron chi connectivity index (χ3n) is 2.61. The van der Waals surface area contributed by atoms with Gasteiger partial charge < -0.3 is 0 Å². The average Bonchev–Trinajstić information content (AvgIpc) is 3.00. The zero-order valence-electron chi connectivity index (χ0n) is 10.6. The fraction of sp³-hybridized carbons (Fsp3) is 0.0714. The van der Waals surface area contributed by atoms with Crippen LogP contribution in [0.15, 0.2) is 64.7 Å². The first-order chi connectivity index (χ1) is 9.54. The molecule has 4 nitrogen and oxygen atoms in total. The van der Waals surface area contributed by atoms with Crippen molar-refractivity contribution in [2.75, 3.05) is 10.8 Å². The molecule has 2 aromatic rings. The molecule has 1 aromatic carbocycles. The van der Waals surface area contributed by atoms with E-state index in [9.17, 15) is 13.2 Å². The predicted molar refractivity (Wildman–Crippen MR) is 80.5 cm³/mol. The first kappa shape index (κ1) is 14.5. The Morgan fingerprint density at radius 2 is 1.90 bits per heavy atom. The minimum absolute atomic E-state index is 0.246. The van der Waals surface area contributed by atoms with Crippen LogP contribution in [-0.4, -0.2) is 20.2 Å². The van der Waals surface area contributed by atoms with Gasteiger partial charge in [-0.2, -0.15) is 0 Å². The van der Waals surface area contributed by atoms with Crippen LogP contribution in [0.3, 0.4) is 0 Å². The van der Waals surface area contributed by atoms with Crippen molar-refractivity contribution in [3.05, 3.63) is 60.5 Å². The summed E-state index contributed by atoms with van der Waals surface area (Å²) in [6, 6.07) is 11.9. The van der Waals surface area contributed by atoms with E-state index in [-0.39, 0.29) is 4.21 Å². The van der Waals surface area contributed by atoms with Gasteiger partial charge in [0.15, 0.2) is 0 Å². The van der Waals surface area contributed by atoms with Gasteiger partial charge in [-0.25, -0.2) is 8.42 Å². The molecular weight excluding hydrogens is 294 g/mol. The molecule has 1 aromatic heterocycles. The molecule has 0 unspecified atom stereocenters. The Morgan fingerprint density at radius 1 is 1.20 bits per heavy atom. The smallest absolute Gasteiger partial charge is 0.251 e. The Kier molecular flexibility index (Phi) is 4.36. The summed E-state index contributed by atoms with van der Waals surface area (Å²) in [5, 5.41) is 1.69. The normalized spacial score (nSPS) is 11.0. The van der Waals surface area contributed by atoms with Crippen LogP contribution in [0.25, 0.3) is 0 Å². The van der Waals surface area contributed by atoms with E-state index in [1.165, 1.54) is 11.0 Å². The van der Waals surface area contributed by atoms with E-state index in [1.54, 1.807) is 41.8 Å². The average molecular weight is 307 g/mol. The first-order valence-electron chi connectivity index (χ1n) is 5.80. The third-order valence-corrected chi connectivity index (χ3v) is 5.67. The van der Waals surface area contributed by atoms with Crippen LogP contribution in [0.2, 0.25) is 0 Å². The Bertz CT molecular complexity index is 691. The quantitative estimate of drug-likeness (QED) is 0.798. The summed E-state index contributed by atoms with van der Waals surface area (Å²) in [5.74, 6) is -0.848. The van der Waals surface area contributed by atoms with Crippen LogP contribution in [0.1, 0.15) is 0 Å². The Hall–Kier alpha value is -1.92. The molecule has 0 fully saturated rings.